The fourth-order valence-corrected chi connectivity index (χ4v) is 1.83. The third-order valence-corrected chi connectivity index (χ3v) is 2.57. The summed E-state index contributed by atoms with van der Waals surface area (Å²) >= 11 is 1.16. The zero-order chi connectivity index (χ0) is 10.1. The lowest BCUT2D eigenvalue weighted by atomic mass is 10.2. The van der Waals surface area contributed by atoms with Crippen LogP contribution in [-0.2, 0) is 10.8 Å². The standard InChI is InChI=1S/C9H8N4OS/c1-2-6-4-7-8(5-14-15-13-12-7)11-9(6)10-3-1/h1-4,12-13H,5H2. The maximum absolute atomic E-state index is 5.22. The first-order valence-corrected chi connectivity index (χ1v) is 5.22. The second-order valence-corrected chi connectivity index (χ2v) is 3.71. The van der Waals surface area contributed by atoms with E-state index in [9.17, 15) is 0 Å². The molecule has 15 heavy (non-hydrogen) atoms. The van der Waals surface area contributed by atoms with Crippen molar-refractivity contribution in [3.05, 3.63) is 30.1 Å². The Hall–Kier alpha value is -1.37. The average Bonchev–Trinajstić information content (AvgIpc) is 2.50. The monoisotopic (exact) mass is 220 g/mol. The molecule has 0 unspecified atom stereocenters. The first-order valence-electron chi connectivity index (χ1n) is 4.47. The van der Waals surface area contributed by atoms with Gasteiger partial charge in [-0.15, -0.1) is 0 Å². The van der Waals surface area contributed by atoms with Crippen molar-refractivity contribution >= 4 is 28.9 Å². The number of hydrogen-bond donors (Lipinski definition) is 2. The number of nitrogens with one attached hydrogen (secondary N) is 2. The maximum atomic E-state index is 5.22. The molecule has 6 heteroatoms. The summed E-state index contributed by atoms with van der Waals surface area (Å²) in [5.41, 5.74) is 5.55. The highest BCUT2D eigenvalue weighted by Crippen LogP contribution is 2.23. The van der Waals surface area contributed by atoms with Crippen LogP contribution in [0.5, 0.6) is 0 Å². The zero-order valence-corrected chi connectivity index (χ0v) is 8.54. The van der Waals surface area contributed by atoms with Crippen LogP contribution < -0.4 is 10.3 Å². The minimum Gasteiger partial charge on any atom is -0.308 e. The predicted molar refractivity (Wildman–Crippen MR) is 58.7 cm³/mol. The van der Waals surface area contributed by atoms with Crippen molar-refractivity contribution in [3.8, 4) is 0 Å². The maximum Gasteiger partial charge on any atom is 0.159 e. The highest BCUT2D eigenvalue weighted by atomic mass is 32.2. The molecule has 0 fully saturated rings. The van der Waals surface area contributed by atoms with E-state index in [-0.39, 0.29) is 0 Å². The summed E-state index contributed by atoms with van der Waals surface area (Å²) < 4.78 is 5.22. The van der Waals surface area contributed by atoms with E-state index < -0.39 is 0 Å². The molecule has 2 aromatic rings. The molecule has 1 aliphatic heterocycles. The molecule has 0 atom stereocenters. The molecule has 2 aromatic heterocycles. The number of nitrogens with zero attached hydrogens (tertiary/aromatic N) is 2. The van der Waals surface area contributed by atoms with Gasteiger partial charge in [-0.05, 0) is 18.2 Å². The van der Waals surface area contributed by atoms with Crippen LogP contribution in [0.1, 0.15) is 5.69 Å². The van der Waals surface area contributed by atoms with Gasteiger partial charge >= 0.3 is 0 Å². The Balaban J connectivity index is 2.20. The summed E-state index contributed by atoms with van der Waals surface area (Å²) in [5.74, 6) is 0. The van der Waals surface area contributed by atoms with Gasteiger partial charge in [-0.2, -0.15) is 4.83 Å². The Morgan fingerprint density at radius 3 is 3.47 bits per heavy atom. The van der Waals surface area contributed by atoms with Crippen LogP contribution in [0.3, 0.4) is 0 Å². The number of rotatable bonds is 0. The molecule has 3 rings (SSSR count). The molecule has 3 heterocycles. The average molecular weight is 220 g/mol. The third-order valence-electron chi connectivity index (χ3n) is 2.15. The molecule has 76 valence electrons. The molecule has 5 nitrogen and oxygen atoms in total. The molecule has 1 aliphatic rings. The number of fused-ring (bicyclic) bond motifs is 2. The van der Waals surface area contributed by atoms with Gasteiger partial charge in [0, 0.05) is 11.6 Å². The van der Waals surface area contributed by atoms with Crippen molar-refractivity contribution in [1.29, 1.82) is 0 Å². The molecular formula is C9H8N4OS. The first kappa shape index (κ1) is 8.90. The van der Waals surface area contributed by atoms with Crippen molar-refractivity contribution in [1.82, 2.24) is 14.8 Å². The van der Waals surface area contributed by atoms with Crippen molar-refractivity contribution in [2.75, 3.05) is 5.43 Å². The minimum atomic E-state index is 0.465. The number of anilines is 1. The van der Waals surface area contributed by atoms with Gasteiger partial charge in [0.2, 0.25) is 0 Å². The van der Waals surface area contributed by atoms with Crippen LogP contribution in [0, 0.1) is 0 Å². The molecule has 0 bridgehead atoms. The molecule has 2 N–H and O–H groups in total. The largest absolute Gasteiger partial charge is 0.308 e. The molecule has 0 saturated carbocycles. The van der Waals surface area contributed by atoms with E-state index in [1.54, 1.807) is 6.20 Å². The highest BCUT2D eigenvalue weighted by Gasteiger charge is 2.10. The van der Waals surface area contributed by atoms with Gasteiger partial charge < -0.3 is 5.43 Å². The molecule has 0 amide bonds. The van der Waals surface area contributed by atoms with E-state index in [1.807, 2.05) is 18.2 Å². The van der Waals surface area contributed by atoms with Gasteiger partial charge in [0.15, 0.2) is 5.65 Å². The smallest absolute Gasteiger partial charge is 0.159 e. The van der Waals surface area contributed by atoms with Gasteiger partial charge in [-0.25, -0.2) is 9.97 Å². The van der Waals surface area contributed by atoms with E-state index in [4.69, 9.17) is 4.18 Å². The van der Waals surface area contributed by atoms with Gasteiger partial charge in [0.05, 0.1) is 23.6 Å². The quantitative estimate of drug-likeness (QED) is 0.520. The van der Waals surface area contributed by atoms with E-state index in [2.05, 4.69) is 20.2 Å². The molecule has 0 radical (unpaired) electrons. The minimum absolute atomic E-state index is 0.465. The fraction of sp³-hybridized carbons (Fsp3) is 0.111. The topological polar surface area (TPSA) is 59.1 Å². The van der Waals surface area contributed by atoms with Gasteiger partial charge in [0.25, 0.3) is 0 Å². The van der Waals surface area contributed by atoms with Gasteiger partial charge in [0.1, 0.15) is 6.61 Å². The number of hydrazine groups is 1. The van der Waals surface area contributed by atoms with Crippen molar-refractivity contribution < 1.29 is 4.18 Å². The third kappa shape index (κ3) is 1.63. The Morgan fingerprint density at radius 2 is 2.47 bits per heavy atom. The molecule has 0 aliphatic carbocycles. The predicted octanol–water partition coefficient (Wildman–Crippen LogP) is 1.64. The van der Waals surface area contributed by atoms with E-state index in [1.165, 1.54) is 0 Å². The number of pyridine rings is 2. The Bertz CT molecular complexity index is 460. The number of aromatic nitrogens is 2. The van der Waals surface area contributed by atoms with Crippen LogP contribution in [0.4, 0.5) is 5.69 Å². The first-order chi connectivity index (χ1) is 7.43. The summed E-state index contributed by atoms with van der Waals surface area (Å²) in [5, 5.41) is 1.01. The summed E-state index contributed by atoms with van der Waals surface area (Å²) in [7, 11) is 0. The molecule has 0 spiro atoms. The normalized spacial score (nSPS) is 15.5. The van der Waals surface area contributed by atoms with Gasteiger partial charge in [-0.3, -0.25) is 4.18 Å². The van der Waals surface area contributed by atoms with Crippen LogP contribution >= 0.6 is 12.2 Å². The van der Waals surface area contributed by atoms with Crippen LogP contribution in [-0.4, -0.2) is 9.97 Å². The second kappa shape index (κ2) is 3.65. The second-order valence-electron chi connectivity index (χ2n) is 3.11. The lowest BCUT2D eigenvalue weighted by Crippen LogP contribution is -2.11. The van der Waals surface area contributed by atoms with E-state index >= 15 is 0 Å². The molecule has 0 saturated heterocycles. The van der Waals surface area contributed by atoms with Crippen molar-refractivity contribution in [2.45, 2.75) is 6.61 Å². The Labute approximate surface area is 90.6 Å². The Morgan fingerprint density at radius 1 is 1.47 bits per heavy atom. The summed E-state index contributed by atoms with van der Waals surface area (Å²) in [6.45, 7) is 0.465. The van der Waals surface area contributed by atoms with Gasteiger partial charge in [-0.1, -0.05) is 0 Å². The van der Waals surface area contributed by atoms with Crippen LogP contribution in [0.15, 0.2) is 24.4 Å². The summed E-state index contributed by atoms with van der Waals surface area (Å²) in [6.07, 6.45) is 1.74. The SMILES string of the molecule is c1cnc2nc3c(cc2c1)NNSOC3. The fourth-order valence-electron chi connectivity index (χ4n) is 1.45. The Kier molecular flexibility index (Phi) is 2.17. The summed E-state index contributed by atoms with van der Waals surface area (Å²) in [4.78, 5) is 11.5. The zero-order valence-electron chi connectivity index (χ0n) is 7.73. The lowest BCUT2D eigenvalue weighted by Gasteiger charge is -2.06. The molecular weight excluding hydrogens is 212 g/mol. The van der Waals surface area contributed by atoms with E-state index in [0.29, 0.717) is 6.61 Å². The van der Waals surface area contributed by atoms with E-state index in [0.717, 1.165) is 34.6 Å². The van der Waals surface area contributed by atoms with Crippen molar-refractivity contribution in [3.63, 3.8) is 0 Å². The lowest BCUT2D eigenvalue weighted by molar-refractivity contribution is 0.359. The van der Waals surface area contributed by atoms with Crippen LogP contribution in [0.2, 0.25) is 0 Å². The number of hydrogen-bond acceptors (Lipinski definition) is 6. The summed E-state index contributed by atoms with van der Waals surface area (Å²) in [6, 6.07) is 5.88. The van der Waals surface area contributed by atoms with Crippen molar-refractivity contribution in [2.24, 2.45) is 0 Å². The highest BCUT2D eigenvalue weighted by molar-refractivity contribution is 7.92. The van der Waals surface area contributed by atoms with Crippen LogP contribution in [0.25, 0.3) is 11.0 Å². The molecule has 0 aromatic carbocycles.